The first-order chi connectivity index (χ1) is 9.10. The Hall–Kier alpha value is -2.14. The second kappa shape index (κ2) is 5.67. The summed E-state index contributed by atoms with van der Waals surface area (Å²) in [7, 11) is 0. The zero-order chi connectivity index (χ0) is 13.8. The van der Waals surface area contributed by atoms with E-state index in [-0.39, 0.29) is 5.69 Å². The van der Waals surface area contributed by atoms with Crippen LogP contribution in [0.1, 0.15) is 19.8 Å². The third-order valence-electron chi connectivity index (χ3n) is 2.93. The van der Waals surface area contributed by atoms with Gasteiger partial charge in [0.2, 0.25) is 0 Å². The van der Waals surface area contributed by atoms with Gasteiger partial charge in [-0.05, 0) is 35.4 Å². The van der Waals surface area contributed by atoms with Crippen LogP contribution in [0.2, 0.25) is 0 Å². The highest BCUT2D eigenvalue weighted by Gasteiger charge is 2.07. The molecule has 100 valence electrons. The number of rotatable bonds is 5. The van der Waals surface area contributed by atoms with E-state index in [2.05, 4.69) is 5.32 Å². The molecular weight excluding hydrogens is 244 g/mol. The fourth-order valence-electron chi connectivity index (χ4n) is 1.97. The van der Waals surface area contributed by atoms with Crippen molar-refractivity contribution in [3.05, 3.63) is 46.5 Å². The molecular formula is C14H16N2O3. The number of aliphatic hydroxyl groups excluding tert-OH is 1. The number of fused-ring (bicyclic) bond motifs is 1. The maximum absolute atomic E-state index is 10.7. The maximum atomic E-state index is 10.7. The van der Waals surface area contributed by atoms with Crippen LogP contribution in [0.4, 0.5) is 11.4 Å². The van der Waals surface area contributed by atoms with Gasteiger partial charge in [0.25, 0.3) is 5.69 Å². The maximum Gasteiger partial charge on any atom is 0.270 e. The van der Waals surface area contributed by atoms with Crippen LogP contribution in [-0.2, 0) is 0 Å². The van der Waals surface area contributed by atoms with Gasteiger partial charge in [-0.1, -0.05) is 19.4 Å². The van der Waals surface area contributed by atoms with Crippen LogP contribution in [0, 0.1) is 10.1 Å². The molecule has 0 aliphatic heterocycles. The van der Waals surface area contributed by atoms with E-state index in [1.807, 2.05) is 25.1 Å². The van der Waals surface area contributed by atoms with Gasteiger partial charge in [0, 0.05) is 17.8 Å². The van der Waals surface area contributed by atoms with E-state index in [9.17, 15) is 15.2 Å². The van der Waals surface area contributed by atoms with Crippen LogP contribution < -0.4 is 5.32 Å². The molecule has 2 aromatic rings. The largest absolute Gasteiger partial charge is 0.374 e. The van der Waals surface area contributed by atoms with Crippen molar-refractivity contribution in [2.45, 2.75) is 26.0 Å². The molecule has 1 unspecified atom stereocenters. The van der Waals surface area contributed by atoms with Gasteiger partial charge in [0.15, 0.2) is 0 Å². The van der Waals surface area contributed by atoms with Crippen LogP contribution in [0.25, 0.3) is 10.8 Å². The molecule has 0 heterocycles. The van der Waals surface area contributed by atoms with Crippen molar-refractivity contribution in [1.29, 1.82) is 0 Å². The van der Waals surface area contributed by atoms with Gasteiger partial charge in [0.05, 0.1) is 4.92 Å². The number of benzene rings is 2. The number of hydrogen-bond donors (Lipinski definition) is 2. The van der Waals surface area contributed by atoms with E-state index >= 15 is 0 Å². The van der Waals surface area contributed by atoms with Gasteiger partial charge in [0.1, 0.15) is 6.23 Å². The molecule has 0 aromatic heterocycles. The van der Waals surface area contributed by atoms with E-state index in [1.165, 1.54) is 6.07 Å². The average Bonchev–Trinajstić information content (AvgIpc) is 2.38. The molecule has 2 N–H and O–H groups in total. The predicted octanol–water partition coefficient (Wildman–Crippen LogP) is 3.28. The first-order valence-corrected chi connectivity index (χ1v) is 6.23. The first-order valence-electron chi connectivity index (χ1n) is 6.23. The van der Waals surface area contributed by atoms with Crippen molar-refractivity contribution in [3.63, 3.8) is 0 Å². The summed E-state index contributed by atoms with van der Waals surface area (Å²) in [4.78, 5) is 10.3. The van der Waals surface area contributed by atoms with Crippen molar-refractivity contribution in [2.75, 3.05) is 5.32 Å². The Bertz CT molecular complexity index is 598. The van der Waals surface area contributed by atoms with Crippen LogP contribution in [0.15, 0.2) is 36.4 Å². The molecule has 0 aliphatic carbocycles. The summed E-state index contributed by atoms with van der Waals surface area (Å²) in [6.45, 7) is 2.00. The average molecular weight is 260 g/mol. The molecule has 0 fully saturated rings. The quantitative estimate of drug-likeness (QED) is 0.491. The van der Waals surface area contributed by atoms with Crippen molar-refractivity contribution >= 4 is 22.1 Å². The van der Waals surface area contributed by atoms with Gasteiger partial charge in [-0.3, -0.25) is 10.1 Å². The van der Waals surface area contributed by atoms with E-state index in [0.717, 1.165) is 22.9 Å². The third-order valence-corrected chi connectivity index (χ3v) is 2.93. The fraction of sp³-hybridized carbons (Fsp3) is 0.286. The number of nitrogens with one attached hydrogen (secondary N) is 1. The molecule has 5 nitrogen and oxygen atoms in total. The van der Waals surface area contributed by atoms with Gasteiger partial charge in [-0.2, -0.15) is 0 Å². The summed E-state index contributed by atoms with van der Waals surface area (Å²) >= 11 is 0. The highest BCUT2D eigenvalue weighted by atomic mass is 16.6. The Balaban J connectivity index is 2.26. The lowest BCUT2D eigenvalue weighted by Crippen LogP contribution is -2.17. The molecule has 0 saturated carbocycles. The van der Waals surface area contributed by atoms with Crippen molar-refractivity contribution in [2.24, 2.45) is 0 Å². The number of nitro groups is 1. The van der Waals surface area contributed by atoms with Crippen LogP contribution in [0.3, 0.4) is 0 Å². The molecule has 0 amide bonds. The van der Waals surface area contributed by atoms with Gasteiger partial charge < -0.3 is 10.4 Å². The fourth-order valence-corrected chi connectivity index (χ4v) is 1.97. The Morgan fingerprint density at radius 3 is 2.63 bits per heavy atom. The highest BCUT2D eigenvalue weighted by Crippen LogP contribution is 2.24. The molecule has 2 aromatic carbocycles. The number of non-ortho nitro benzene ring substituents is 1. The van der Waals surface area contributed by atoms with Crippen LogP contribution in [-0.4, -0.2) is 16.3 Å². The number of aliphatic hydroxyl groups is 1. The van der Waals surface area contributed by atoms with E-state index in [4.69, 9.17) is 0 Å². The minimum Gasteiger partial charge on any atom is -0.374 e. The Labute approximate surface area is 111 Å². The molecule has 2 rings (SSSR count). The van der Waals surface area contributed by atoms with Gasteiger partial charge in [-0.15, -0.1) is 0 Å². The Morgan fingerprint density at radius 2 is 1.95 bits per heavy atom. The standard InChI is InChI=1S/C14H16N2O3/c1-2-3-14(17)15-12-6-4-11-9-13(16(18)19)7-5-10(11)8-12/h4-9,14-15,17H,2-3H2,1H3. The SMILES string of the molecule is CCCC(O)Nc1ccc2cc([N+](=O)[O-])ccc2c1. The second-order valence-electron chi connectivity index (χ2n) is 4.45. The summed E-state index contributed by atoms with van der Waals surface area (Å²) in [5, 5.41) is 25.1. The van der Waals surface area contributed by atoms with E-state index < -0.39 is 11.2 Å². The zero-order valence-electron chi connectivity index (χ0n) is 10.7. The lowest BCUT2D eigenvalue weighted by Gasteiger charge is -2.13. The Kier molecular flexibility index (Phi) is 3.97. The number of nitrogens with zero attached hydrogens (tertiary/aromatic N) is 1. The number of anilines is 1. The normalized spacial score (nSPS) is 12.3. The van der Waals surface area contributed by atoms with Crippen LogP contribution >= 0.6 is 0 Å². The minimum atomic E-state index is -0.569. The van der Waals surface area contributed by atoms with Crippen molar-refractivity contribution < 1.29 is 10.0 Å². The van der Waals surface area contributed by atoms with Gasteiger partial charge >= 0.3 is 0 Å². The summed E-state index contributed by atoms with van der Waals surface area (Å²) in [5.41, 5.74) is 0.890. The van der Waals surface area contributed by atoms with Crippen molar-refractivity contribution in [1.82, 2.24) is 0 Å². The van der Waals surface area contributed by atoms with E-state index in [1.54, 1.807) is 12.1 Å². The van der Waals surface area contributed by atoms with Gasteiger partial charge in [-0.25, -0.2) is 0 Å². The monoisotopic (exact) mass is 260 g/mol. The molecule has 0 saturated heterocycles. The summed E-state index contributed by atoms with van der Waals surface area (Å²) in [6.07, 6.45) is 1.01. The smallest absolute Gasteiger partial charge is 0.270 e. The third kappa shape index (κ3) is 3.20. The summed E-state index contributed by atoms with van der Waals surface area (Å²) in [5.74, 6) is 0. The highest BCUT2D eigenvalue weighted by molar-refractivity contribution is 5.87. The van der Waals surface area contributed by atoms with Crippen LogP contribution in [0.5, 0.6) is 0 Å². The Morgan fingerprint density at radius 1 is 1.26 bits per heavy atom. The summed E-state index contributed by atoms with van der Waals surface area (Å²) in [6, 6.07) is 10.2. The summed E-state index contributed by atoms with van der Waals surface area (Å²) < 4.78 is 0. The minimum absolute atomic E-state index is 0.0826. The zero-order valence-corrected chi connectivity index (χ0v) is 10.7. The predicted molar refractivity (Wildman–Crippen MR) is 75.1 cm³/mol. The second-order valence-corrected chi connectivity index (χ2v) is 4.45. The van der Waals surface area contributed by atoms with E-state index in [0.29, 0.717) is 6.42 Å². The number of nitro benzene ring substituents is 1. The molecule has 0 bridgehead atoms. The molecule has 19 heavy (non-hydrogen) atoms. The lowest BCUT2D eigenvalue weighted by atomic mass is 10.1. The molecule has 0 spiro atoms. The topological polar surface area (TPSA) is 75.4 Å². The number of hydrogen-bond acceptors (Lipinski definition) is 4. The first kappa shape index (κ1) is 13.3. The lowest BCUT2D eigenvalue weighted by molar-refractivity contribution is -0.384. The molecule has 0 aliphatic rings. The molecule has 0 radical (unpaired) electrons. The molecule has 1 atom stereocenters. The molecule has 5 heteroatoms. The van der Waals surface area contributed by atoms with Crippen molar-refractivity contribution in [3.8, 4) is 0 Å².